The highest BCUT2D eigenvalue weighted by Crippen LogP contribution is 2.42. The molecule has 59 heavy (non-hydrogen) atoms. The van der Waals surface area contributed by atoms with Crippen LogP contribution in [0.4, 0.5) is 0 Å². The van der Waals surface area contributed by atoms with Crippen LogP contribution >= 0.6 is 0 Å². The Morgan fingerprint density at radius 1 is 0.458 bits per heavy atom. The molecule has 2 heterocycles. The molecule has 19 heteroatoms. The lowest BCUT2D eigenvalue weighted by atomic mass is 9.97. The molecule has 2 aliphatic rings. The minimum Gasteiger partial charge on any atom is -0.463 e. The normalized spacial score (nSPS) is 26.8. The highest BCUT2D eigenvalue weighted by atomic mass is 16.8. The first-order valence-corrected chi connectivity index (χ1v) is 19.8. The molecule has 2 saturated heterocycles. The third-order valence-electron chi connectivity index (χ3n) is 8.75. The van der Waals surface area contributed by atoms with Gasteiger partial charge >= 0.3 is 47.8 Å². The number of carbonyl (C=O) groups excluding carboxylic acids is 8. The first kappa shape index (κ1) is 50.8. The second-order valence-corrected chi connectivity index (χ2v) is 16.2. The number of hydrogen-bond donors (Lipinski definition) is 0. The number of rotatable bonds is 19. The van der Waals surface area contributed by atoms with E-state index in [1.807, 2.05) is 0 Å². The van der Waals surface area contributed by atoms with Crippen LogP contribution in [0.3, 0.4) is 0 Å². The monoisotopic (exact) mass is 846 g/mol. The van der Waals surface area contributed by atoms with Gasteiger partial charge in [-0.3, -0.25) is 38.4 Å². The summed E-state index contributed by atoms with van der Waals surface area (Å²) in [6, 6.07) is 0. The van der Waals surface area contributed by atoms with Gasteiger partial charge in [-0.1, -0.05) is 83.1 Å². The smallest absolute Gasteiger partial charge is 0.308 e. The summed E-state index contributed by atoms with van der Waals surface area (Å²) in [6.07, 6.45) is -13.5. The molecule has 2 rings (SSSR count). The van der Waals surface area contributed by atoms with Gasteiger partial charge in [0.2, 0.25) is 12.1 Å². The van der Waals surface area contributed by atoms with Crippen LogP contribution in [-0.2, 0) is 90.5 Å². The Kier molecular flexibility index (Phi) is 19.2. The highest BCUT2D eigenvalue weighted by Gasteiger charge is 2.65. The molecule has 0 bridgehead atoms. The molecule has 0 unspecified atom stereocenters. The fraction of sp³-hybridized carbons (Fsp3) is 0.800. The Balaban J connectivity index is 3.04. The van der Waals surface area contributed by atoms with Gasteiger partial charge in [0, 0.05) is 13.8 Å². The van der Waals surface area contributed by atoms with Crippen molar-refractivity contribution < 1.29 is 90.5 Å². The molecule has 19 nitrogen and oxygen atoms in total. The molecule has 0 aromatic rings. The summed E-state index contributed by atoms with van der Waals surface area (Å²) in [5.41, 5.74) is 0. The van der Waals surface area contributed by atoms with Crippen LogP contribution in [0.25, 0.3) is 0 Å². The number of hydrogen-bond acceptors (Lipinski definition) is 19. The SMILES string of the molecule is CC(=O)OC[C@H]1O[C@@](COC(=O)C(C)C)(O[C@H]2O[C@H](COC(C)=O)[C@@H](OC(=O)C(C)C)[C@H](OC(=O)C(C)C)[C@H]2OC(=O)C(C)C)[C@@H](OC(=O)C(C)C)[C@@H]1OC(=O)C(C)C. The maximum Gasteiger partial charge on any atom is 0.308 e. The average molecular weight is 847 g/mol. The van der Waals surface area contributed by atoms with E-state index in [9.17, 15) is 38.4 Å². The zero-order valence-corrected chi connectivity index (χ0v) is 36.5. The van der Waals surface area contributed by atoms with Crippen molar-refractivity contribution in [3.8, 4) is 0 Å². The molecule has 0 spiro atoms. The van der Waals surface area contributed by atoms with Gasteiger partial charge in [-0.15, -0.1) is 0 Å². The summed E-state index contributed by atoms with van der Waals surface area (Å²) in [7, 11) is 0. The van der Waals surface area contributed by atoms with E-state index in [0.717, 1.165) is 13.8 Å². The quantitative estimate of drug-likeness (QED) is 0.134. The maximum absolute atomic E-state index is 13.5. The van der Waals surface area contributed by atoms with Crippen LogP contribution in [0.5, 0.6) is 0 Å². The summed E-state index contributed by atoms with van der Waals surface area (Å²) in [5, 5.41) is 0. The molecule has 9 atom stereocenters. The Labute approximate surface area is 345 Å². The Morgan fingerprint density at radius 3 is 1.25 bits per heavy atom. The van der Waals surface area contributed by atoms with Gasteiger partial charge in [0.25, 0.3) is 0 Å². The first-order chi connectivity index (χ1) is 27.3. The number of esters is 8. The molecule has 0 N–H and O–H groups in total. The summed E-state index contributed by atoms with van der Waals surface area (Å²) < 4.78 is 64.9. The minimum absolute atomic E-state index is 0.599. The molecular weight excluding hydrogens is 784 g/mol. The van der Waals surface area contributed by atoms with E-state index in [4.69, 9.17) is 52.1 Å². The molecule has 0 saturated carbocycles. The van der Waals surface area contributed by atoms with Crippen molar-refractivity contribution >= 4 is 47.8 Å². The van der Waals surface area contributed by atoms with Crippen LogP contribution in [0.2, 0.25) is 0 Å². The minimum atomic E-state index is -2.55. The van der Waals surface area contributed by atoms with Crippen molar-refractivity contribution in [3.05, 3.63) is 0 Å². The van der Waals surface area contributed by atoms with E-state index in [-0.39, 0.29) is 0 Å². The Morgan fingerprint density at radius 2 is 0.831 bits per heavy atom. The van der Waals surface area contributed by atoms with E-state index in [1.54, 1.807) is 0 Å². The lowest BCUT2D eigenvalue weighted by Gasteiger charge is -2.47. The highest BCUT2D eigenvalue weighted by molar-refractivity contribution is 5.75. The molecule has 0 radical (unpaired) electrons. The zero-order valence-electron chi connectivity index (χ0n) is 36.5. The van der Waals surface area contributed by atoms with Crippen molar-refractivity contribution in [2.45, 2.75) is 152 Å². The first-order valence-electron chi connectivity index (χ1n) is 19.8. The van der Waals surface area contributed by atoms with Crippen LogP contribution in [0, 0.1) is 35.5 Å². The Bertz CT molecular complexity index is 1500. The standard InChI is InChI=1S/C40H62O19/c1-18(2)33(43)51-17-40(32(57-38(48)23(11)12)29(54-35(45)20(5)6)27(58-40)16-50-25(14)42)59-39-31(56-37(47)22(9)10)30(55-36(46)21(7)8)28(53-34(44)19(3)4)26(52-39)15-49-24(13)41/h18-23,26-32,39H,15-17H2,1-14H3/t26-,27-,28-,29-,30+,31-,32+,39-,40+/m1/s1. The average Bonchev–Trinajstić information content (AvgIpc) is 3.40. The van der Waals surface area contributed by atoms with Crippen LogP contribution in [0.1, 0.15) is 96.9 Å². The number of carbonyl (C=O) groups is 8. The summed E-state index contributed by atoms with van der Waals surface area (Å²) in [5.74, 6) is -13.5. The molecule has 336 valence electrons. The van der Waals surface area contributed by atoms with E-state index in [2.05, 4.69) is 0 Å². The molecule has 0 aromatic heterocycles. The molecule has 2 aliphatic heterocycles. The fourth-order valence-corrected chi connectivity index (χ4v) is 5.29. The van der Waals surface area contributed by atoms with E-state index < -0.39 is 158 Å². The van der Waals surface area contributed by atoms with Gasteiger partial charge in [0.15, 0.2) is 30.5 Å². The number of ether oxygens (including phenoxy) is 11. The lowest BCUT2D eigenvalue weighted by molar-refractivity contribution is -0.385. The van der Waals surface area contributed by atoms with Gasteiger partial charge in [-0.2, -0.15) is 0 Å². The van der Waals surface area contributed by atoms with Crippen LogP contribution in [-0.4, -0.2) is 122 Å². The third kappa shape index (κ3) is 14.4. The molecular formula is C40H62O19. The second kappa shape index (κ2) is 22.3. The van der Waals surface area contributed by atoms with Gasteiger partial charge in [0.05, 0.1) is 35.5 Å². The predicted molar refractivity (Wildman–Crippen MR) is 200 cm³/mol. The Hall–Kier alpha value is -4.36. The topological polar surface area (TPSA) is 238 Å². The largest absolute Gasteiger partial charge is 0.463 e. The summed E-state index contributed by atoms with van der Waals surface area (Å²) >= 11 is 0. The van der Waals surface area contributed by atoms with Gasteiger partial charge in [0.1, 0.15) is 32.0 Å². The molecule has 2 fully saturated rings. The van der Waals surface area contributed by atoms with E-state index in [1.165, 1.54) is 83.1 Å². The van der Waals surface area contributed by atoms with Gasteiger partial charge in [-0.25, -0.2) is 0 Å². The maximum atomic E-state index is 13.5. The van der Waals surface area contributed by atoms with Crippen molar-refractivity contribution in [2.75, 3.05) is 19.8 Å². The van der Waals surface area contributed by atoms with Gasteiger partial charge < -0.3 is 52.1 Å². The van der Waals surface area contributed by atoms with Crippen molar-refractivity contribution in [3.63, 3.8) is 0 Å². The fourth-order valence-electron chi connectivity index (χ4n) is 5.29. The summed E-state index contributed by atoms with van der Waals surface area (Å²) in [4.78, 5) is 104. The lowest BCUT2D eigenvalue weighted by Crippen LogP contribution is -2.66. The van der Waals surface area contributed by atoms with Crippen molar-refractivity contribution in [2.24, 2.45) is 35.5 Å². The second-order valence-electron chi connectivity index (χ2n) is 16.2. The predicted octanol–water partition coefficient (Wildman–Crippen LogP) is 2.99. The third-order valence-corrected chi connectivity index (χ3v) is 8.75. The van der Waals surface area contributed by atoms with Crippen LogP contribution in [0.15, 0.2) is 0 Å². The van der Waals surface area contributed by atoms with Crippen molar-refractivity contribution in [1.82, 2.24) is 0 Å². The molecule has 0 aliphatic carbocycles. The van der Waals surface area contributed by atoms with Gasteiger partial charge in [-0.05, 0) is 0 Å². The van der Waals surface area contributed by atoms with E-state index >= 15 is 0 Å². The molecule has 0 amide bonds. The zero-order chi connectivity index (χ0) is 45.1. The van der Waals surface area contributed by atoms with E-state index in [0.29, 0.717) is 0 Å². The van der Waals surface area contributed by atoms with Crippen molar-refractivity contribution in [1.29, 1.82) is 0 Å². The molecule has 0 aromatic carbocycles. The summed E-state index contributed by atoms with van der Waals surface area (Å²) in [6.45, 7) is 18.4. The van der Waals surface area contributed by atoms with Crippen LogP contribution < -0.4 is 0 Å².